The van der Waals surface area contributed by atoms with Crippen molar-refractivity contribution in [2.75, 3.05) is 0 Å². The SMILES string of the molecule is C/C=C/C(=O)OC12CC3CC(C)(CC(C)(C3)C1)C2. The van der Waals surface area contributed by atoms with Gasteiger partial charge in [-0.25, -0.2) is 4.79 Å². The van der Waals surface area contributed by atoms with Gasteiger partial charge in [0.05, 0.1) is 0 Å². The van der Waals surface area contributed by atoms with Gasteiger partial charge in [0.25, 0.3) is 0 Å². The van der Waals surface area contributed by atoms with Crippen molar-refractivity contribution >= 4 is 5.97 Å². The second kappa shape index (κ2) is 3.61. The molecule has 4 aliphatic carbocycles. The molecule has 4 fully saturated rings. The first-order chi connectivity index (χ1) is 8.36. The van der Waals surface area contributed by atoms with Crippen LogP contribution in [-0.4, -0.2) is 11.6 Å². The highest BCUT2D eigenvalue weighted by Gasteiger charge is 2.61. The molecule has 0 N–H and O–H groups in total. The predicted molar refractivity (Wildman–Crippen MR) is 71.0 cm³/mol. The zero-order valence-electron chi connectivity index (χ0n) is 11.8. The van der Waals surface area contributed by atoms with Crippen LogP contribution in [0.4, 0.5) is 0 Å². The van der Waals surface area contributed by atoms with Crippen LogP contribution in [0.2, 0.25) is 0 Å². The molecule has 0 amide bonds. The fraction of sp³-hybridized carbons (Fsp3) is 0.812. The van der Waals surface area contributed by atoms with Gasteiger partial charge in [0.15, 0.2) is 0 Å². The van der Waals surface area contributed by atoms with Crippen LogP contribution in [0.15, 0.2) is 12.2 Å². The van der Waals surface area contributed by atoms with E-state index in [1.54, 1.807) is 12.2 Å². The number of esters is 1. The largest absolute Gasteiger partial charge is 0.456 e. The van der Waals surface area contributed by atoms with E-state index in [9.17, 15) is 4.79 Å². The lowest BCUT2D eigenvalue weighted by Gasteiger charge is -2.64. The van der Waals surface area contributed by atoms with E-state index in [4.69, 9.17) is 4.74 Å². The highest BCUT2D eigenvalue weighted by Crippen LogP contribution is 2.67. The van der Waals surface area contributed by atoms with Crippen molar-refractivity contribution in [3.63, 3.8) is 0 Å². The van der Waals surface area contributed by atoms with Crippen LogP contribution < -0.4 is 0 Å². The summed E-state index contributed by atoms with van der Waals surface area (Å²) < 4.78 is 5.90. The van der Waals surface area contributed by atoms with Crippen LogP contribution in [0.3, 0.4) is 0 Å². The Bertz CT molecular complexity index is 391. The van der Waals surface area contributed by atoms with Crippen LogP contribution in [0.1, 0.15) is 59.3 Å². The number of allylic oxidation sites excluding steroid dienone is 1. The molecule has 0 aromatic heterocycles. The van der Waals surface area contributed by atoms with E-state index in [-0.39, 0.29) is 11.6 Å². The Morgan fingerprint density at radius 3 is 2.22 bits per heavy atom. The summed E-state index contributed by atoms with van der Waals surface area (Å²) in [5.41, 5.74) is 0.661. The summed E-state index contributed by atoms with van der Waals surface area (Å²) in [6.07, 6.45) is 10.6. The van der Waals surface area contributed by atoms with E-state index in [1.165, 1.54) is 19.3 Å². The molecule has 0 saturated heterocycles. The number of ether oxygens (including phenoxy) is 1. The summed E-state index contributed by atoms with van der Waals surface area (Å²) in [7, 11) is 0. The van der Waals surface area contributed by atoms with Gasteiger partial charge in [0.1, 0.15) is 5.60 Å². The fourth-order valence-corrected chi connectivity index (χ4v) is 5.84. The predicted octanol–water partition coefficient (Wildman–Crippen LogP) is 3.85. The Hall–Kier alpha value is -0.790. The van der Waals surface area contributed by atoms with Gasteiger partial charge < -0.3 is 4.74 Å². The third-order valence-corrected chi connectivity index (χ3v) is 5.19. The molecule has 2 nitrogen and oxygen atoms in total. The van der Waals surface area contributed by atoms with Crippen molar-refractivity contribution in [2.45, 2.75) is 64.9 Å². The molecule has 2 heteroatoms. The molecule has 18 heavy (non-hydrogen) atoms. The van der Waals surface area contributed by atoms with Gasteiger partial charge in [0, 0.05) is 6.08 Å². The monoisotopic (exact) mass is 248 g/mol. The van der Waals surface area contributed by atoms with Crippen LogP contribution in [-0.2, 0) is 9.53 Å². The van der Waals surface area contributed by atoms with Gasteiger partial charge in [-0.3, -0.25) is 0 Å². The molecule has 4 saturated carbocycles. The molecule has 0 aromatic rings. The number of carbonyl (C=O) groups excluding carboxylic acids is 1. The topological polar surface area (TPSA) is 26.3 Å². The Morgan fingerprint density at radius 1 is 1.11 bits per heavy atom. The first-order valence-corrected chi connectivity index (χ1v) is 7.22. The minimum absolute atomic E-state index is 0.147. The molecule has 100 valence electrons. The molecule has 4 aliphatic rings. The van der Waals surface area contributed by atoms with E-state index in [0.717, 1.165) is 25.2 Å². The van der Waals surface area contributed by atoms with Crippen LogP contribution >= 0.6 is 0 Å². The smallest absolute Gasteiger partial charge is 0.330 e. The lowest BCUT2D eigenvalue weighted by molar-refractivity contribution is -0.212. The number of hydrogen-bond donors (Lipinski definition) is 0. The maximum atomic E-state index is 11.8. The highest BCUT2D eigenvalue weighted by atomic mass is 16.6. The van der Waals surface area contributed by atoms with E-state index in [1.807, 2.05) is 6.92 Å². The molecule has 0 aromatic carbocycles. The lowest BCUT2D eigenvalue weighted by Crippen LogP contribution is -2.59. The average molecular weight is 248 g/mol. The first-order valence-electron chi connectivity index (χ1n) is 7.22. The molecule has 4 bridgehead atoms. The van der Waals surface area contributed by atoms with Crippen molar-refractivity contribution in [3.8, 4) is 0 Å². The minimum Gasteiger partial charge on any atom is -0.456 e. The van der Waals surface area contributed by atoms with Crippen LogP contribution in [0, 0.1) is 16.7 Å². The second-order valence-corrected chi connectivity index (χ2v) is 7.73. The maximum absolute atomic E-state index is 11.8. The Morgan fingerprint density at radius 2 is 1.72 bits per heavy atom. The normalized spacial score (nSPS) is 49.8. The quantitative estimate of drug-likeness (QED) is 0.548. The van der Waals surface area contributed by atoms with Crippen molar-refractivity contribution < 1.29 is 9.53 Å². The Labute approximate surface area is 110 Å². The number of rotatable bonds is 2. The van der Waals surface area contributed by atoms with E-state index < -0.39 is 0 Å². The van der Waals surface area contributed by atoms with Crippen molar-refractivity contribution in [2.24, 2.45) is 16.7 Å². The Balaban J connectivity index is 1.87. The molecule has 4 rings (SSSR count). The van der Waals surface area contributed by atoms with E-state index >= 15 is 0 Å². The minimum atomic E-state index is -0.153. The van der Waals surface area contributed by atoms with E-state index in [0.29, 0.717) is 10.8 Å². The van der Waals surface area contributed by atoms with Crippen molar-refractivity contribution in [1.29, 1.82) is 0 Å². The van der Waals surface area contributed by atoms with Gasteiger partial charge in [-0.15, -0.1) is 0 Å². The van der Waals surface area contributed by atoms with Crippen LogP contribution in [0.25, 0.3) is 0 Å². The number of carbonyl (C=O) groups is 1. The van der Waals surface area contributed by atoms with Gasteiger partial charge in [-0.2, -0.15) is 0 Å². The molecule has 0 heterocycles. The highest BCUT2D eigenvalue weighted by molar-refractivity contribution is 5.82. The van der Waals surface area contributed by atoms with Gasteiger partial charge >= 0.3 is 5.97 Å². The maximum Gasteiger partial charge on any atom is 0.330 e. The first kappa shape index (κ1) is 12.3. The Kier molecular flexibility index (Phi) is 2.46. The van der Waals surface area contributed by atoms with Gasteiger partial charge in [-0.05, 0) is 62.2 Å². The summed E-state index contributed by atoms with van der Waals surface area (Å²) in [6, 6.07) is 0. The molecule has 2 atom stereocenters. The van der Waals surface area contributed by atoms with Crippen molar-refractivity contribution in [1.82, 2.24) is 0 Å². The summed E-state index contributed by atoms with van der Waals surface area (Å²) in [5.74, 6) is 0.626. The lowest BCUT2D eigenvalue weighted by atomic mass is 9.43. The third-order valence-electron chi connectivity index (χ3n) is 5.19. The molecular formula is C16H24O2. The molecule has 0 spiro atoms. The van der Waals surface area contributed by atoms with Crippen molar-refractivity contribution in [3.05, 3.63) is 12.2 Å². The van der Waals surface area contributed by atoms with Crippen LogP contribution in [0.5, 0.6) is 0 Å². The zero-order chi connectivity index (χ0) is 13.0. The molecular weight excluding hydrogens is 224 g/mol. The van der Waals surface area contributed by atoms with E-state index in [2.05, 4.69) is 13.8 Å². The fourth-order valence-electron chi connectivity index (χ4n) is 5.84. The summed E-state index contributed by atoms with van der Waals surface area (Å²) in [5, 5.41) is 0. The molecule has 0 radical (unpaired) electrons. The average Bonchev–Trinajstić information content (AvgIpc) is 2.09. The second-order valence-electron chi connectivity index (χ2n) is 7.73. The van der Waals surface area contributed by atoms with Gasteiger partial charge in [0.2, 0.25) is 0 Å². The molecule has 2 unspecified atom stereocenters. The summed E-state index contributed by atoms with van der Waals surface area (Å²) in [6.45, 7) is 6.66. The number of hydrogen-bond acceptors (Lipinski definition) is 2. The van der Waals surface area contributed by atoms with Gasteiger partial charge in [-0.1, -0.05) is 19.9 Å². The molecule has 0 aliphatic heterocycles. The third kappa shape index (κ3) is 1.90. The standard InChI is InChI=1S/C16H24O2/c1-4-5-13(17)18-16-8-12-6-14(2,10-16)9-15(3,7-12)11-16/h4-5,12H,6-11H2,1-3H3/b5-4+. The zero-order valence-corrected chi connectivity index (χ0v) is 11.8. The summed E-state index contributed by atoms with van der Waals surface area (Å²) in [4.78, 5) is 11.8. The summed E-state index contributed by atoms with van der Waals surface area (Å²) >= 11 is 0.